The van der Waals surface area contributed by atoms with Crippen LogP contribution in [-0.4, -0.2) is 27.3 Å². The van der Waals surface area contributed by atoms with Crippen LogP contribution in [0.1, 0.15) is 44.2 Å². The summed E-state index contributed by atoms with van der Waals surface area (Å²) in [7, 11) is -7.95. The van der Waals surface area contributed by atoms with Crippen LogP contribution < -0.4 is 0 Å². The Hall–Kier alpha value is -2.08. The zero-order chi connectivity index (χ0) is 26.4. The summed E-state index contributed by atoms with van der Waals surface area (Å²) in [6.07, 6.45) is -8.33. The molecule has 0 aliphatic heterocycles. The van der Waals surface area contributed by atoms with Crippen molar-refractivity contribution in [1.82, 2.24) is 0 Å². The fourth-order valence-corrected chi connectivity index (χ4v) is 7.40. The maximum absolute atomic E-state index is 13.1. The molecule has 0 aromatic heterocycles. The molecule has 35 heavy (non-hydrogen) atoms. The topological polar surface area (TPSA) is 68.3 Å². The van der Waals surface area contributed by atoms with Gasteiger partial charge >= 0.3 is 12.4 Å². The Morgan fingerprint density at radius 3 is 1.83 bits per heavy atom. The van der Waals surface area contributed by atoms with Gasteiger partial charge in [0.1, 0.15) is 0 Å². The van der Waals surface area contributed by atoms with E-state index in [9.17, 15) is 43.2 Å². The Balaban J connectivity index is 1.64. The molecule has 4 nitrogen and oxygen atoms in total. The van der Waals surface area contributed by atoms with Gasteiger partial charge in [-0.1, -0.05) is 6.07 Å². The zero-order valence-electron chi connectivity index (χ0n) is 18.8. The maximum atomic E-state index is 13.1. The van der Waals surface area contributed by atoms with E-state index in [-0.39, 0.29) is 28.9 Å². The minimum absolute atomic E-state index is 0.125. The van der Waals surface area contributed by atoms with E-state index in [2.05, 4.69) is 0 Å². The molecule has 0 spiro atoms. The lowest BCUT2D eigenvalue weighted by Gasteiger charge is -2.45. The maximum Gasteiger partial charge on any atom is 0.416 e. The van der Waals surface area contributed by atoms with Crippen molar-refractivity contribution in [1.29, 1.82) is 0 Å². The monoisotopic (exact) mass is 542 g/mol. The Kier molecular flexibility index (Phi) is 7.15. The summed E-state index contributed by atoms with van der Waals surface area (Å²) in [6, 6.07) is 6.80. The van der Waals surface area contributed by atoms with Gasteiger partial charge in [-0.2, -0.15) is 26.3 Å². The van der Waals surface area contributed by atoms with E-state index in [0.717, 1.165) is 30.3 Å². The third kappa shape index (κ3) is 5.68. The SMILES string of the molecule is CC(C)(C1CC(CCS(=O)(=O)c2ccc(C(F)(F)F)cc2)C1)S(=O)(=O)c1cccc(C(F)(F)F)c1. The second-order valence-corrected chi connectivity index (χ2v) is 13.9. The van der Waals surface area contributed by atoms with Crippen molar-refractivity contribution in [3.05, 3.63) is 59.7 Å². The van der Waals surface area contributed by atoms with Gasteiger partial charge in [-0.25, -0.2) is 16.8 Å². The van der Waals surface area contributed by atoms with Crippen molar-refractivity contribution in [2.75, 3.05) is 5.75 Å². The van der Waals surface area contributed by atoms with Crippen molar-refractivity contribution in [2.24, 2.45) is 11.8 Å². The number of alkyl halides is 6. The molecule has 1 aliphatic carbocycles. The van der Waals surface area contributed by atoms with Crippen LogP contribution in [0.4, 0.5) is 26.3 Å². The van der Waals surface area contributed by atoms with Crippen molar-refractivity contribution in [3.8, 4) is 0 Å². The number of benzene rings is 2. The summed E-state index contributed by atoms with van der Waals surface area (Å²) in [6.45, 7) is 2.89. The standard InChI is InChI=1S/C23H24F6O4S2/c1-21(2,35(32,33)20-5-3-4-17(14-20)23(27,28)29)18-12-15(13-18)10-11-34(30,31)19-8-6-16(7-9-19)22(24,25)26/h3-9,14-15,18H,10-13H2,1-2H3. The first kappa shape index (κ1) is 27.5. The van der Waals surface area contributed by atoms with Crippen LogP contribution in [0, 0.1) is 11.8 Å². The fraction of sp³-hybridized carbons (Fsp3) is 0.478. The van der Waals surface area contributed by atoms with Crippen LogP contribution in [0.25, 0.3) is 0 Å². The summed E-state index contributed by atoms with van der Waals surface area (Å²) >= 11 is 0. The van der Waals surface area contributed by atoms with E-state index in [4.69, 9.17) is 0 Å². The molecule has 0 radical (unpaired) electrons. The summed E-state index contributed by atoms with van der Waals surface area (Å²) in [5.74, 6) is -0.822. The Morgan fingerprint density at radius 1 is 0.771 bits per heavy atom. The van der Waals surface area contributed by atoms with Gasteiger partial charge in [0.25, 0.3) is 0 Å². The van der Waals surface area contributed by atoms with Crippen molar-refractivity contribution < 1.29 is 43.2 Å². The summed E-state index contributed by atoms with van der Waals surface area (Å²) < 4.78 is 127. The van der Waals surface area contributed by atoms with Gasteiger partial charge in [-0.05, 0) is 87.4 Å². The lowest BCUT2D eigenvalue weighted by atomic mass is 9.68. The molecule has 0 unspecified atom stereocenters. The molecule has 3 rings (SSSR count). The fourth-order valence-electron chi connectivity index (χ4n) is 4.19. The first-order valence-electron chi connectivity index (χ1n) is 10.7. The van der Waals surface area contributed by atoms with Gasteiger partial charge in [0.2, 0.25) is 0 Å². The highest BCUT2D eigenvalue weighted by Gasteiger charge is 2.48. The average Bonchev–Trinajstić information content (AvgIpc) is 2.71. The lowest BCUT2D eigenvalue weighted by molar-refractivity contribution is -0.138. The lowest BCUT2D eigenvalue weighted by Crippen LogP contribution is -2.46. The highest BCUT2D eigenvalue weighted by molar-refractivity contribution is 7.92. The minimum Gasteiger partial charge on any atom is -0.224 e. The molecule has 2 aromatic carbocycles. The van der Waals surface area contributed by atoms with E-state index in [1.54, 1.807) is 0 Å². The molecule has 1 fully saturated rings. The van der Waals surface area contributed by atoms with Gasteiger partial charge < -0.3 is 0 Å². The molecule has 1 aliphatic rings. The molecular formula is C23H24F6O4S2. The highest BCUT2D eigenvalue weighted by atomic mass is 32.2. The molecule has 194 valence electrons. The van der Waals surface area contributed by atoms with Crippen LogP contribution in [0.2, 0.25) is 0 Å². The largest absolute Gasteiger partial charge is 0.416 e. The molecule has 0 heterocycles. The average molecular weight is 543 g/mol. The minimum atomic E-state index is -4.68. The molecule has 1 saturated carbocycles. The summed E-state index contributed by atoms with van der Waals surface area (Å²) in [5, 5.41) is 0. The molecule has 12 heteroatoms. The molecule has 0 amide bonds. The Morgan fingerprint density at radius 2 is 1.31 bits per heavy atom. The first-order valence-corrected chi connectivity index (χ1v) is 13.8. The van der Waals surface area contributed by atoms with Crippen molar-refractivity contribution in [3.63, 3.8) is 0 Å². The molecular weight excluding hydrogens is 518 g/mol. The van der Waals surface area contributed by atoms with Gasteiger partial charge in [-0.15, -0.1) is 0 Å². The van der Waals surface area contributed by atoms with Gasteiger partial charge in [0.15, 0.2) is 19.7 Å². The second kappa shape index (κ2) is 9.10. The normalized spacial score (nSPS) is 19.9. The molecule has 0 bridgehead atoms. The van der Waals surface area contributed by atoms with Crippen molar-refractivity contribution in [2.45, 2.75) is 60.0 Å². The predicted molar refractivity (Wildman–Crippen MR) is 117 cm³/mol. The highest BCUT2D eigenvalue weighted by Crippen LogP contribution is 2.48. The molecule has 0 saturated heterocycles. The van der Waals surface area contributed by atoms with Crippen LogP contribution in [-0.2, 0) is 32.0 Å². The third-order valence-electron chi connectivity index (χ3n) is 6.72. The molecule has 0 N–H and O–H groups in total. The zero-order valence-corrected chi connectivity index (χ0v) is 20.5. The van der Waals surface area contributed by atoms with E-state index >= 15 is 0 Å². The van der Waals surface area contributed by atoms with Crippen LogP contribution in [0.15, 0.2) is 58.3 Å². The quantitative estimate of drug-likeness (QED) is 0.393. The van der Waals surface area contributed by atoms with Gasteiger partial charge in [0, 0.05) is 0 Å². The Bertz CT molecular complexity index is 1270. The summed E-state index contributed by atoms with van der Waals surface area (Å²) in [5.41, 5.74) is -2.02. The van der Waals surface area contributed by atoms with Crippen LogP contribution in [0.5, 0.6) is 0 Å². The van der Waals surface area contributed by atoms with E-state index in [1.807, 2.05) is 0 Å². The van der Waals surface area contributed by atoms with Crippen LogP contribution >= 0.6 is 0 Å². The first-order chi connectivity index (χ1) is 15.9. The number of hydrogen-bond donors (Lipinski definition) is 0. The smallest absolute Gasteiger partial charge is 0.224 e. The number of halogens is 6. The van der Waals surface area contributed by atoms with E-state index < -0.39 is 52.8 Å². The second-order valence-electron chi connectivity index (χ2n) is 9.30. The van der Waals surface area contributed by atoms with E-state index in [0.29, 0.717) is 31.0 Å². The molecule has 2 aromatic rings. The third-order valence-corrected chi connectivity index (χ3v) is 11.1. The number of sulfone groups is 2. The number of hydrogen-bond acceptors (Lipinski definition) is 4. The van der Waals surface area contributed by atoms with Gasteiger partial charge in [-0.3, -0.25) is 0 Å². The van der Waals surface area contributed by atoms with Crippen LogP contribution in [0.3, 0.4) is 0 Å². The summed E-state index contributed by atoms with van der Waals surface area (Å²) in [4.78, 5) is -0.653. The predicted octanol–water partition coefficient (Wildman–Crippen LogP) is 6.17. The van der Waals surface area contributed by atoms with Gasteiger partial charge in [0.05, 0.1) is 31.4 Å². The Labute approximate surface area is 200 Å². The van der Waals surface area contributed by atoms with E-state index in [1.165, 1.54) is 13.8 Å². The van der Waals surface area contributed by atoms with Crippen molar-refractivity contribution >= 4 is 19.7 Å². The number of rotatable bonds is 7. The molecule has 0 atom stereocenters.